The van der Waals surface area contributed by atoms with Crippen LogP contribution in [0.4, 0.5) is 0 Å². The van der Waals surface area contributed by atoms with Crippen molar-refractivity contribution in [2.24, 2.45) is 0 Å². The second-order valence-corrected chi connectivity index (χ2v) is 2.87. The number of aliphatic hydroxyl groups excluding tert-OH is 1. The molecule has 0 aliphatic carbocycles. The van der Waals surface area contributed by atoms with Crippen molar-refractivity contribution >= 4 is 0 Å². The average molecular weight is 208 g/mol. The van der Waals surface area contributed by atoms with Crippen LogP contribution in [0, 0.1) is 11.3 Å². The Kier molecular flexibility index (Phi) is 4.54. The molecule has 1 heterocycles. The van der Waals surface area contributed by atoms with Crippen molar-refractivity contribution in [3.05, 3.63) is 34.2 Å². The smallest absolute Gasteiger partial charge is 0.268 e. The number of pyridine rings is 1. The van der Waals surface area contributed by atoms with Crippen molar-refractivity contribution in [2.75, 3.05) is 19.8 Å². The minimum absolute atomic E-state index is 0.0346. The van der Waals surface area contributed by atoms with Gasteiger partial charge in [-0.1, -0.05) is 0 Å². The van der Waals surface area contributed by atoms with Crippen LogP contribution in [-0.4, -0.2) is 29.5 Å². The molecule has 0 saturated heterocycles. The molecule has 0 fully saturated rings. The monoisotopic (exact) mass is 208 g/mol. The first-order valence-corrected chi connectivity index (χ1v) is 4.57. The Hall–Kier alpha value is -1.64. The zero-order chi connectivity index (χ0) is 11.1. The molecule has 0 aliphatic heterocycles. The predicted octanol–water partition coefficient (Wildman–Crippen LogP) is -0.271. The van der Waals surface area contributed by atoms with Crippen LogP contribution in [0.25, 0.3) is 0 Å². The molecular weight excluding hydrogens is 196 g/mol. The maximum Gasteiger partial charge on any atom is 0.268 e. The van der Waals surface area contributed by atoms with E-state index in [2.05, 4.69) is 0 Å². The molecule has 5 nitrogen and oxygen atoms in total. The van der Waals surface area contributed by atoms with E-state index in [1.807, 2.05) is 6.07 Å². The van der Waals surface area contributed by atoms with Crippen LogP contribution < -0.4 is 5.56 Å². The number of aliphatic hydroxyl groups is 1. The van der Waals surface area contributed by atoms with Crippen LogP contribution in [0.2, 0.25) is 0 Å². The number of hydrogen-bond acceptors (Lipinski definition) is 4. The molecule has 80 valence electrons. The van der Waals surface area contributed by atoms with Gasteiger partial charge in [0.15, 0.2) is 0 Å². The lowest BCUT2D eigenvalue weighted by molar-refractivity contribution is 0.0865. The Balaban J connectivity index is 2.63. The number of ether oxygens (including phenoxy) is 1. The van der Waals surface area contributed by atoms with Gasteiger partial charge in [0, 0.05) is 12.7 Å². The highest BCUT2D eigenvalue weighted by atomic mass is 16.5. The normalized spacial score (nSPS) is 9.87. The van der Waals surface area contributed by atoms with Crippen molar-refractivity contribution in [3.63, 3.8) is 0 Å². The Bertz CT molecular complexity index is 406. The van der Waals surface area contributed by atoms with Crippen LogP contribution in [0.1, 0.15) is 5.56 Å². The summed E-state index contributed by atoms with van der Waals surface area (Å²) in [5.74, 6) is 0. The SMILES string of the molecule is N#Cc1cccn(CCOCCO)c1=O. The third-order valence-electron chi connectivity index (χ3n) is 1.85. The molecule has 0 aromatic carbocycles. The van der Waals surface area contributed by atoms with Crippen LogP contribution in [0.5, 0.6) is 0 Å². The minimum Gasteiger partial charge on any atom is -0.394 e. The van der Waals surface area contributed by atoms with E-state index in [0.717, 1.165) is 0 Å². The fraction of sp³-hybridized carbons (Fsp3) is 0.400. The van der Waals surface area contributed by atoms with Crippen molar-refractivity contribution < 1.29 is 9.84 Å². The van der Waals surface area contributed by atoms with E-state index in [1.54, 1.807) is 12.3 Å². The molecular formula is C10H12N2O3. The van der Waals surface area contributed by atoms with Gasteiger partial charge in [-0.2, -0.15) is 5.26 Å². The van der Waals surface area contributed by atoms with E-state index in [-0.39, 0.29) is 24.3 Å². The molecule has 0 atom stereocenters. The van der Waals surface area contributed by atoms with Gasteiger partial charge in [-0.15, -0.1) is 0 Å². The van der Waals surface area contributed by atoms with E-state index in [1.165, 1.54) is 10.6 Å². The molecule has 0 spiro atoms. The van der Waals surface area contributed by atoms with Gasteiger partial charge in [0.25, 0.3) is 5.56 Å². The summed E-state index contributed by atoms with van der Waals surface area (Å²) in [5.41, 5.74) is -0.188. The summed E-state index contributed by atoms with van der Waals surface area (Å²) in [6.45, 7) is 0.948. The molecule has 0 unspecified atom stereocenters. The summed E-state index contributed by atoms with van der Waals surface area (Å²) in [5, 5.41) is 17.1. The lowest BCUT2D eigenvalue weighted by Gasteiger charge is -2.05. The highest BCUT2D eigenvalue weighted by Gasteiger charge is 2.00. The number of rotatable bonds is 5. The molecule has 15 heavy (non-hydrogen) atoms. The average Bonchev–Trinajstić information content (AvgIpc) is 2.26. The minimum atomic E-state index is -0.312. The molecule has 1 rings (SSSR count). The first kappa shape index (κ1) is 11.4. The van der Waals surface area contributed by atoms with Gasteiger partial charge in [-0.25, -0.2) is 0 Å². The molecule has 1 aromatic heterocycles. The van der Waals surface area contributed by atoms with Crippen LogP contribution in [0.3, 0.4) is 0 Å². The molecule has 1 aromatic rings. The fourth-order valence-corrected chi connectivity index (χ4v) is 1.13. The highest BCUT2D eigenvalue weighted by Crippen LogP contribution is 1.89. The van der Waals surface area contributed by atoms with Gasteiger partial charge in [0.05, 0.1) is 19.8 Å². The van der Waals surface area contributed by atoms with E-state index in [0.29, 0.717) is 13.2 Å². The Morgan fingerprint density at radius 2 is 2.33 bits per heavy atom. The topological polar surface area (TPSA) is 75.2 Å². The van der Waals surface area contributed by atoms with Gasteiger partial charge >= 0.3 is 0 Å². The van der Waals surface area contributed by atoms with E-state index in [9.17, 15) is 4.79 Å². The summed E-state index contributed by atoms with van der Waals surface area (Å²) in [4.78, 5) is 11.5. The standard InChI is InChI=1S/C10H12N2O3/c11-8-9-2-1-3-12(10(9)14)4-6-15-7-5-13/h1-3,13H,4-7H2. The zero-order valence-electron chi connectivity index (χ0n) is 8.22. The lowest BCUT2D eigenvalue weighted by Crippen LogP contribution is -2.23. The van der Waals surface area contributed by atoms with Crippen molar-refractivity contribution in [2.45, 2.75) is 6.54 Å². The number of aromatic nitrogens is 1. The first-order valence-electron chi connectivity index (χ1n) is 4.57. The molecule has 1 N–H and O–H groups in total. The van der Waals surface area contributed by atoms with Crippen molar-refractivity contribution in [1.82, 2.24) is 4.57 Å². The second kappa shape index (κ2) is 5.96. The lowest BCUT2D eigenvalue weighted by atomic mass is 10.3. The van der Waals surface area contributed by atoms with Gasteiger partial charge in [0.1, 0.15) is 11.6 Å². The maximum atomic E-state index is 11.5. The fourth-order valence-electron chi connectivity index (χ4n) is 1.13. The van der Waals surface area contributed by atoms with Crippen molar-refractivity contribution in [1.29, 1.82) is 5.26 Å². The molecule has 0 bridgehead atoms. The van der Waals surface area contributed by atoms with Crippen molar-refractivity contribution in [3.8, 4) is 6.07 Å². The van der Waals surface area contributed by atoms with Crippen LogP contribution >= 0.6 is 0 Å². The molecule has 0 aliphatic rings. The molecule has 0 amide bonds. The number of nitriles is 1. The summed E-state index contributed by atoms with van der Waals surface area (Å²) in [7, 11) is 0. The quantitative estimate of drug-likeness (QED) is 0.676. The zero-order valence-corrected chi connectivity index (χ0v) is 8.22. The molecule has 0 radical (unpaired) electrons. The summed E-state index contributed by atoms with van der Waals surface area (Å²) in [6, 6.07) is 4.95. The first-order chi connectivity index (χ1) is 7.29. The molecule has 0 saturated carbocycles. The van der Waals surface area contributed by atoms with Crippen LogP contribution in [-0.2, 0) is 11.3 Å². The van der Waals surface area contributed by atoms with E-state index < -0.39 is 0 Å². The third kappa shape index (κ3) is 3.20. The third-order valence-corrected chi connectivity index (χ3v) is 1.85. The number of nitrogens with zero attached hydrogens (tertiary/aromatic N) is 2. The van der Waals surface area contributed by atoms with Gasteiger partial charge in [-0.3, -0.25) is 4.79 Å². The Labute approximate surface area is 87.1 Å². The largest absolute Gasteiger partial charge is 0.394 e. The predicted molar refractivity (Wildman–Crippen MR) is 53.3 cm³/mol. The Morgan fingerprint density at radius 1 is 1.53 bits per heavy atom. The summed E-state index contributed by atoms with van der Waals surface area (Å²) >= 11 is 0. The summed E-state index contributed by atoms with van der Waals surface area (Å²) < 4.78 is 6.44. The molecule has 5 heteroatoms. The second-order valence-electron chi connectivity index (χ2n) is 2.87. The van der Waals surface area contributed by atoms with Gasteiger partial charge < -0.3 is 14.4 Å². The maximum absolute atomic E-state index is 11.5. The van der Waals surface area contributed by atoms with Crippen LogP contribution in [0.15, 0.2) is 23.1 Å². The van der Waals surface area contributed by atoms with E-state index in [4.69, 9.17) is 15.1 Å². The number of hydrogen-bond donors (Lipinski definition) is 1. The van der Waals surface area contributed by atoms with E-state index >= 15 is 0 Å². The van der Waals surface area contributed by atoms with Gasteiger partial charge in [0.2, 0.25) is 0 Å². The highest BCUT2D eigenvalue weighted by molar-refractivity contribution is 5.24. The Morgan fingerprint density at radius 3 is 3.00 bits per heavy atom. The van der Waals surface area contributed by atoms with Gasteiger partial charge in [-0.05, 0) is 12.1 Å². The summed E-state index contributed by atoms with van der Waals surface area (Å²) in [6.07, 6.45) is 1.60.